The molecule has 3 heterocycles. The molecule has 12 heteroatoms. The van der Waals surface area contributed by atoms with Crippen LogP contribution in [0.15, 0.2) is 82.1 Å². The Morgan fingerprint density at radius 2 is 1.73 bits per heavy atom. The van der Waals surface area contributed by atoms with Gasteiger partial charge in [-0.2, -0.15) is 9.50 Å². The number of carbonyl (C=O) groups is 3. The van der Waals surface area contributed by atoms with Gasteiger partial charge in [0.15, 0.2) is 5.82 Å². The van der Waals surface area contributed by atoms with Crippen molar-refractivity contribution in [2.45, 2.75) is 6.92 Å². The number of anilines is 2. The molecular weight excluding hydrogens is 610 g/mol. The molecule has 3 aromatic carbocycles. The molecule has 0 atom stereocenters. The third-order valence-corrected chi connectivity index (χ3v) is 7.95. The summed E-state index contributed by atoms with van der Waals surface area (Å²) < 4.78 is 7.30. The van der Waals surface area contributed by atoms with E-state index in [9.17, 15) is 19.2 Å². The number of carbonyl (C=O) groups excluding carboxylic acids is 3. The van der Waals surface area contributed by atoms with E-state index < -0.39 is 23.3 Å². The first kappa shape index (κ1) is 26.5. The van der Waals surface area contributed by atoms with Gasteiger partial charge in [0.25, 0.3) is 11.5 Å². The third-order valence-electron chi connectivity index (χ3n) is 6.39. The summed E-state index contributed by atoms with van der Waals surface area (Å²) in [5.41, 5.74) is 2.41. The quantitative estimate of drug-likeness (QED) is 0.284. The highest BCUT2D eigenvalue weighted by Gasteiger charge is 2.35. The van der Waals surface area contributed by atoms with Gasteiger partial charge in [0, 0.05) is 21.3 Å². The number of para-hydroxylation sites is 1. The number of ether oxygens (including phenoxy) is 1. The van der Waals surface area contributed by atoms with Gasteiger partial charge in [-0.25, -0.2) is 4.79 Å². The lowest BCUT2D eigenvalue weighted by atomic mass is 10.1. The molecule has 0 aliphatic carbocycles. The molecule has 0 saturated heterocycles. The molecule has 10 nitrogen and oxygen atoms in total. The fourth-order valence-electron chi connectivity index (χ4n) is 4.51. The van der Waals surface area contributed by atoms with Crippen LogP contribution in [-0.2, 0) is 14.3 Å². The molecule has 0 radical (unpaired) electrons. The predicted molar refractivity (Wildman–Crippen MR) is 158 cm³/mol. The van der Waals surface area contributed by atoms with Crippen LogP contribution in [0.1, 0.15) is 22.8 Å². The number of amides is 2. The summed E-state index contributed by atoms with van der Waals surface area (Å²) in [4.78, 5) is 58.1. The molecular formula is C29H20BrN5O5S. The predicted octanol–water partition coefficient (Wildman–Crippen LogP) is 3.66. The molecule has 6 rings (SSSR count). The Labute approximate surface area is 245 Å². The number of halogens is 1. The molecule has 41 heavy (non-hydrogen) atoms. The first-order chi connectivity index (χ1) is 19.8. The van der Waals surface area contributed by atoms with E-state index >= 15 is 0 Å². The van der Waals surface area contributed by atoms with Crippen molar-refractivity contribution in [3.63, 3.8) is 0 Å². The Kier molecular flexibility index (Phi) is 6.93. The van der Waals surface area contributed by atoms with Gasteiger partial charge in [-0.15, -0.1) is 5.10 Å². The zero-order valence-corrected chi connectivity index (χ0v) is 23.9. The minimum atomic E-state index is -0.464. The first-order valence-electron chi connectivity index (χ1n) is 12.5. The number of fused-ring (bicyclic) bond motifs is 2. The summed E-state index contributed by atoms with van der Waals surface area (Å²) in [6.07, 6.45) is 0. The number of hydrogen-bond donors (Lipinski definition) is 1. The van der Waals surface area contributed by atoms with Crippen LogP contribution in [0.4, 0.5) is 11.4 Å². The van der Waals surface area contributed by atoms with Gasteiger partial charge in [0.2, 0.25) is 10.9 Å². The number of benzene rings is 3. The molecule has 1 aliphatic heterocycles. The lowest BCUT2D eigenvalue weighted by molar-refractivity contribution is -0.118. The maximum Gasteiger partial charge on any atom is 0.338 e. The van der Waals surface area contributed by atoms with Gasteiger partial charge in [0.1, 0.15) is 11.1 Å². The van der Waals surface area contributed by atoms with Crippen LogP contribution in [-0.4, -0.2) is 45.5 Å². The normalized spacial score (nSPS) is 13.9. The number of rotatable bonds is 6. The van der Waals surface area contributed by atoms with Crippen molar-refractivity contribution in [1.82, 2.24) is 14.6 Å². The van der Waals surface area contributed by atoms with Gasteiger partial charge in [-0.1, -0.05) is 57.6 Å². The first-order valence-corrected chi connectivity index (χ1v) is 14.1. The SMILES string of the molecule is CCOC(=O)c1ccc(NC(=O)CN2C(=O)/C(=c3\sc4nc(-c5ccc(Br)cc5)nn4c3=O)c3ccccc32)cc1. The number of esters is 1. The number of aromatic nitrogens is 3. The molecule has 0 spiro atoms. The highest BCUT2D eigenvalue weighted by molar-refractivity contribution is 9.10. The smallest absolute Gasteiger partial charge is 0.338 e. The molecule has 204 valence electrons. The van der Waals surface area contributed by atoms with Gasteiger partial charge in [-0.3, -0.25) is 19.3 Å². The van der Waals surface area contributed by atoms with E-state index in [1.54, 1.807) is 55.5 Å². The van der Waals surface area contributed by atoms with E-state index in [1.807, 2.05) is 24.3 Å². The third kappa shape index (κ3) is 4.92. The van der Waals surface area contributed by atoms with Crippen LogP contribution in [0, 0.1) is 0 Å². The summed E-state index contributed by atoms with van der Waals surface area (Å²) in [6.45, 7) is 1.71. The van der Waals surface area contributed by atoms with Crippen LogP contribution in [0.25, 0.3) is 21.9 Å². The average Bonchev–Trinajstić information content (AvgIpc) is 3.60. The van der Waals surface area contributed by atoms with Crippen LogP contribution >= 0.6 is 27.3 Å². The second-order valence-corrected chi connectivity index (χ2v) is 10.9. The summed E-state index contributed by atoms with van der Waals surface area (Å²) >= 11 is 4.48. The zero-order chi connectivity index (χ0) is 28.7. The fraction of sp³-hybridized carbons (Fsp3) is 0.103. The monoisotopic (exact) mass is 629 g/mol. The highest BCUT2D eigenvalue weighted by atomic mass is 79.9. The molecule has 2 aromatic heterocycles. The second-order valence-electron chi connectivity index (χ2n) is 9.00. The summed E-state index contributed by atoms with van der Waals surface area (Å²) in [6, 6.07) is 20.7. The largest absolute Gasteiger partial charge is 0.462 e. The zero-order valence-electron chi connectivity index (χ0n) is 21.5. The molecule has 1 N–H and O–H groups in total. The van der Waals surface area contributed by atoms with Crippen molar-refractivity contribution in [2.24, 2.45) is 0 Å². The summed E-state index contributed by atoms with van der Waals surface area (Å²) in [5.74, 6) is -0.952. The van der Waals surface area contributed by atoms with Crippen LogP contribution in [0.5, 0.6) is 0 Å². The van der Waals surface area contributed by atoms with Gasteiger partial charge in [0.05, 0.1) is 23.4 Å². The Morgan fingerprint density at radius 3 is 2.44 bits per heavy atom. The number of nitrogens with zero attached hydrogens (tertiary/aromatic N) is 4. The highest BCUT2D eigenvalue weighted by Crippen LogP contribution is 2.35. The van der Waals surface area contributed by atoms with Crippen LogP contribution in [0.3, 0.4) is 0 Å². The lowest BCUT2D eigenvalue weighted by Crippen LogP contribution is -2.37. The fourth-order valence-corrected chi connectivity index (χ4v) is 5.77. The number of hydrogen-bond acceptors (Lipinski definition) is 8. The standard InChI is InChI=1S/C29H20BrN5O5S/c1-2-40-28(39)17-9-13-19(14-10-17)31-22(36)15-34-21-6-4-3-5-20(21)23(26(34)37)24-27(38)35-29(41-24)32-25(33-35)16-7-11-18(30)12-8-16/h3-14H,2,15H2,1H3,(H,31,36)/b24-23-. The van der Waals surface area contributed by atoms with Crippen LogP contribution in [0.2, 0.25) is 0 Å². The summed E-state index contributed by atoms with van der Waals surface area (Å²) in [7, 11) is 0. The summed E-state index contributed by atoms with van der Waals surface area (Å²) in [5, 5.41) is 7.13. The van der Waals surface area contributed by atoms with Crippen molar-refractivity contribution in [3.05, 3.63) is 103 Å². The average molecular weight is 630 g/mol. The van der Waals surface area contributed by atoms with E-state index in [4.69, 9.17) is 4.74 Å². The van der Waals surface area contributed by atoms with Gasteiger partial charge < -0.3 is 10.1 Å². The molecule has 2 amide bonds. The van der Waals surface area contributed by atoms with E-state index in [1.165, 1.54) is 9.42 Å². The van der Waals surface area contributed by atoms with Crippen molar-refractivity contribution in [3.8, 4) is 11.4 Å². The Bertz CT molecular complexity index is 1950. The van der Waals surface area contributed by atoms with E-state index in [-0.39, 0.29) is 23.3 Å². The topological polar surface area (TPSA) is 123 Å². The van der Waals surface area contributed by atoms with E-state index in [0.717, 1.165) is 21.4 Å². The van der Waals surface area contributed by atoms with E-state index in [0.29, 0.717) is 33.3 Å². The molecule has 0 bridgehead atoms. The molecule has 0 unspecified atom stereocenters. The maximum absolute atomic E-state index is 13.7. The van der Waals surface area contributed by atoms with Crippen molar-refractivity contribution in [1.29, 1.82) is 0 Å². The molecule has 5 aromatic rings. The van der Waals surface area contributed by atoms with Crippen molar-refractivity contribution in [2.75, 3.05) is 23.4 Å². The maximum atomic E-state index is 13.7. The van der Waals surface area contributed by atoms with Crippen molar-refractivity contribution >= 4 is 67.0 Å². The molecule has 0 fully saturated rings. The van der Waals surface area contributed by atoms with Crippen LogP contribution < -0.4 is 20.3 Å². The lowest BCUT2D eigenvalue weighted by Gasteiger charge is -2.16. The second kappa shape index (κ2) is 10.7. The van der Waals surface area contributed by atoms with Gasteiger partial charge >= 0.3 is 5.97 Å². The number of nitrogens with one attached hydrogen (secondary N) is 1. The molecule has 1 aliphatic rings. The Morgan fingerprint density at radius 1 is 1.00 bits per heavy atom. The minimum absolute atomic E-state index is 0.206. The Balaban J connectivity index is 1.29. The van der Waals surface area contributed by atoms with Gasteiger partial charge in [-0.05, 0) is 49.4 Å². The minimum Gasteiger partial charge on any atom is -0.462 e. The Hall–Kier alpha value is -4.68. The number of thiazole rings is 1. The van der Waals surface area contributed by atoms with E-state index in [2.05, 4.69) is 31.3 Å². The van der Waals surface area contributed by atoms with Crippen molar-refractivity contribution < 1.29 is 19.1 Å². The molecule has 0 saturated carbocycles.